The van der Waals surface area contributed by atoms with E-state index in [0.29, 0.717) is 0 Å². The number of thiophene rings is 1. The Morgan fingerprint density at radius 3 is 1.95 bits per heavy atom. The molecule has 0 saturated heterocycles. The van der Waals surface area contributed by atoms with Crippen LogP contribution in [-0.2, 0) is 5.41 Å². The zero-order valence-corrected chi connectivity index (χ0v) is 34.8. The summed E-state index contributed by atoms with van der Waals surface area (Å²) in [5, 5.41) is 6.16. The molecule has 60 heavy (non-hydrogen) atoms. The lowest BCUT2D eigenvalue weighted by Crippen LogP contribution is -2.17. The zero-order valence-electron chi connectivity index (χ0n) is 33.2. The number of hydrogen-bond donors (Lipinski definition) is 0. The third-order valence-corrected chi connectivity index (χ3v) is 14.8. The summed E-state index contributed by atoms with van der Waals surface area (Å²) in [4.78, 5) is 7.59. The van der Waals surface area contributed by atoms with Crippen LogP contribution >= 0.6 is 22.7 Å². The Labute approximate surface area is 357 Å². The molecule has 0 radical (unpaired) electrons. The summed E-state index contributed by atoms with van der Waals surface area (Å²) in [5.74, 6) is 0. The minimum absolute atomic E-state index is 0.143. The van der Waals surface area contributed by atoms with E-state index < -0.39 is 0 Å². The molecular formula is C56H38N2S2. The molecule has 0 spiro atoms. The Morgan fingerprint density at radius 2 is 1.12 bits per heavy atom. The second-order valence-corrected chi connectivity index (χ2v) is 18.4. The number of rotatable bonds is 6. The molecular weight excluding hydrogens is 765 g/mol. The minimum Gasteiger partial charge on any atom is -0.310 e. The van der Waals surface area contributed by atoms with Gasteiger partial charge in [-0.05, 0) is 98.2 Å². The molecule has 2 heterocycles. The molecule has 9 aromatic carbocycles. The van der Waals surface area contributed by atoms with Crippen LogP contribution in [0, 0.1) is 0 Å². The fourth-order valence-electron chi connectivity index (χ4n) is 9.44. The minimum atomic E-state index is -0.143. The number of thiazole rings is 1. The molecule has 1 aliphatic carbocycles. The number of benzene rings is 9. The lowest BCUT2D eigenvalue weighted by molar-refractivity contribution is 0.660. The van der Waals surface area contributed by atoms with Crippen molar-refractivity contribution in [1.82, 2.24) is 4.98 Å². The Bertz CT molecular complexity index is 3450. The molecule has 4 heteroatoms. The van der Waals surface area contributed by atoms with Gasteiger partial charge in [0.15, 0.2) is 0 Å². The zero-order chi connectivity index (χ0) is 40.0. The molecule has 0 atom stereocenters. The van der Waals surface area contributed by atoms with Crippen LogP contribution in [0.1, 0.15) is 25.0 Å². The molecule has 1 aliphatic rings. The first kappa shape index (κ1) is 35.1. The number of anilines is 3. The van der Waals surface area contributed by atoms with Crippen LogP contribution in [0.15, 0.2) is 194 Å². The number of nitrogens with zero attached hydrogens (tertiary/aromatic N) is 2. The summed E-state index contributed by atoms with van der Waals surface area (Å²) >= 11 is 3.66. The first-order valence-electron chi connectivity index (χ1n) is 20.5. The van der Waals surface area contributed by atoms with Crippen LogP contribution in [0.4, 0.5) is 17.1 Å². The Kier molecular flexibility index (Phi) is 7.96. The Morgan fingerprint density at radius 1 is 0.433 bits per heavy atom. The van der Waals surface area contributed by atoms with E-state index in [4.69, 9.17) is 4.98 Å². The van der Waals surface area contributed by atoms with Gasteiger partial charge in [0, 0.05) is 48.1 Å². The van der Waals surface area contributed by atoms with E-state index in [9.17, 15) is 0 Å². The van der Waals surface area contributed by atoms with Crippen LogP contribution in [0.5, 0.6) is 0 Å². The fraction of sp³-hybridized carbons (Fsp3) is 0.0536. The summed E-state index contributed by atoms with van der Waals surface area (Å²) in [6.45, 7) is 4.74. The normalized spacial score (nSPS) is 13.0. The molecule has 12 rings (SSSR count). The van der Waals surface area contributed by atoms with Gasteiger partial charge in [0.25, 0.3) is 0 Å². The molecule has 0 unspecified atom stereocenters. The number of fused-ring (bicyclic) bond motifs is 9. The van der Waals surface area contributed by atoms with E-state index in [1.54, 1.807) is 11.3 Å². The Balaban J connectivity index is 1.12. The highest BCUT2D eigenvalue weighted by Crippen LogP contribution is 2.53. The SMILES string of the molecule is CC1(C)c2ccccc2-c2ccc(N(c3ccc(-c4ccccc4)cc3)c3cc4c(cc3-c3ccc5nc(-c6ccccc6)sc5c3)sc3c5ccccc5ccc43)cc21. The first-order valence-corrected chi connectivity index (χ1v) is 22.2. The predicted molar refractivity (Wildman–Crippen MR) is 259 cm³/mol. The van der Waals surface area contributed by atoms with Crippen LogP contribution in [0.25, 0.3) is 85.1 Å². The first-order chi connectivity index (χ1) is 29.5. The molecule has 11 aromatic rings. The van der Waals surface area contributed by atoms with E-state index in [2.05, 4.69) is 213 Å². The van der Waals surface area contributed by atoms with E-state index in [1.165, 1.54) is 80.2 Å². The summed E-state index contributed by atoms with van der Waals surface area (Å²) in [5.41, 5.74) is 15.5. The van der Waals surface area contributed by atoms with Crippen molar-refractivity contribution in [2.75, 3.05) is 4.90 Å². The maximum atomic E-state index is 5.09. The second-order valence-electron chi connectivity index (χ2n) is 16.3. The smallest absolute Gasteiger partial charge is 0.124 e. The average Bonchev–Trinajstić information content (AvgIpc) is 3.97. The van der Waals surface area contributed by atoms with Gasteiger partial charge in [-0.15, -0.1) is 22.7 Å². The lowest BCUT2D eigenvalue weighted by Gasteiger charge is -2.30. The van der Waals surface area contributed by atoms with Crippen LogP contribution < -0.4 is 4.90 Å². The van der Waals surface area contributed by atoms with E-state index in [-0.39, 0.29) is 5.41 Å². The van der Waals surface area contributed by atoms with Gasteiger partial charge < -0.3 is 4.90 Å². The van der Waals surface area contributed by atoms with Crippen LogP contribution in [0.2, 0.25) is 0 Å². The summed E-state index contributed by atoms with van der Waals surface area (Å²) in [6, 6.07) is 71.5. The molecule has 0 fully saturated rings. The third-order valence-electron chi connectivity index (χ3n) is 12.5. The van der Waals surface area contributed by atoms with Crippen molar-refractivity contribution in [2.45, 2.75) is 19.3 Å². The molecule has 2 nitrogen and oxygen atoms in total. The van der Waals surface area contributed by atoms with Gasteiger partial charge in [0.2, 0.25) is 0 Å². The standard InChI is InChI=1S/C56H38N2S2/c1-56(2)48-20-12-11-19-43(48)44-29-27-41(32-49(44)56)58(40-25-21-36(22-26-40)35-13-5-3-6-14-35)51-33-47-45-28-23-37-15-9-10-18-42(37)54(45)59-52(47)34-46(51)39-24-30-50-53(31-39)60-55(57-50)38-16-7-4-8-17-38/h3-34H,1-2H3. The van der Waals surface area contributed by atoms with Gasteiger partial charge in [-0.3, -0.25) is 0 Å². The fourth-order valence-corrected chi connectivity index (χ4v) is 11.7. The second kappa shape index (κ2) is 13.6. The average molecular weight is 803 g/mol. The van der Waals surface area contributed by atoms with Crippen LogP contribution in [0.3, 0.4) is 0 Å². The molecule has 0 amide bonds. The topological polar surface area (TPSA) is 16.1 Å². The highest BCUT2D eigenvalue weighted by atomic mass is 32.1. The third kappa shape index (κ3) is 5.56. The van der Waals surface area contributed by atoms with E-state index in [0.717, 1.165) is 33.1 Å². The van der Waals surface area contributed by atoms with Crippen molar-refractivity contribution in [3.05, 3.63) is 205 Å². The van der Waals surface area contributed by atoms with E-state index in [1.807, 2.05) is 11.3 Å². The summed E-state index contributed by atoms with van der Waals surface area (Å²) in [6.07, 6.45) is 0. The molecule has 0 aliphatic heterocycles. The predicted octanol–water partition coefficient (Wildman–Crippen LogP) is 16.6. The van der Waals surface area contributed by atoms with Gasteiger partial charge in [-0.25, -0.2) is 4.98 Å². The Hall–Kier alpha value is -6.85. The van der Waals surface area contributed by atoms with Gasteiger partial charge >= 0.3 is 0 Å². The van der Waals surface area contributed by atoms with Gasteiger partial charge in [-0.2, -0.15) is 0 Å². The highest BCUT2D eigenvalue weighted by molar-refractivity contribution is 7.26. The van der Waals surface area contributed by atoms with Crippen molar-refractivity contribution in [2.24, 2.45) is 0 Å². The van der Waals surface area contributed by atoms with Gasteiger partial charge in [-0.1, -0.05) is 159 Å². The monoisotopic (exact) mass is 802 g/mol. The van der Waals surface area contributed by atoms with Crippen molar-refractivity contribution < 1.29 is 0 Å². The molecule has 2 aromatic heterocycles. The summed E-state index contributed by atoms with van der Waals surface area (Å²) in [7, 11) is 0. The van der Waals surface area contributed by atoms with Crippen molar-refractivity contribution in [3.63, 3.8) is 0 Å². The summed E-state index contributed by atoms with van der Waals surface area (Å²) < 4.78 is 3.78. The van der Waals surface area contributed by atoms with Crippen LogP contribution in [-0.4, -0.2) is 4.98 Å². The molecule has 0 N–H and O–H groups in total. The van der Waals surface area contributed by atoms with Gasteiger partial charge in [0.1, 0.15) is 5.01 Å². The van der Waals surface area contributed by atoms with Gasteiger partial charge in [0.05, 0.1) is 15.9 Å². The maximum absolute atomic E-state index is 5.09. The lowest BCUT2D eigenvalue weighted by atomic mass is 9.82. The number of aromatic nitrogens is 1. The highest BCUT2D eigenvalue weighted by Gasteiger charge is 2.36. The van der Waals surface area contributed by atoms with Crippen molar-refractivity contribution in [1.29, 1.82) is 0 Å². The molecule has 0 bridgehead atoms. The quantitative estimate of drug-likeness (QED) is 0.166. The van der Waals surface area contributed by atoms with E-state index >= 15 is 0 Å². The van der Waals surface area contributed by atoms with Crippen molar-refractivity contribution >= 4 is 80.9 Å². The molecule has 0 saturated carbocycles. The largest absolute Gasteiger partial charge is 0.310 e. The molecule has 284 valence electrons. The maximum Gasteiger partial charge on any atom is 0.124 e. The van der Waals surface area contributed by atoms with Crippen molar-refractivity contribution in [3.8, 4) is 44.0 Å². The number of hydrogen-bond acceptors (Lipinski definition) is 4.